The van der Waals surface area contributed by atoms with Crippen LogP contribution in [0.4, 0.5) is 0 Å². The summed E-state index contributed by atoms with van der Waals surface area (Å²) in [6.07, 6.45) is 6.06. The van der Waals surface area contributed by atoms with Gasteiger partial charge in [-0.3, -0.25) is 4.99 Å². The van der Waals surface area contributed by atoms with Crippen molar-refractivity contribution in [1.82, 2.24) is 10.6 Å². The van der Waals surface area contributed by atoms with Crippen molar-refractivity contribution in [1.29, 1.82) is 0 Å². The predicted molar refractivity (Wildman–Crippen MR) is 99.5 cm³/mol. The quantitative estimate of drug-likeness (QED) is 0.331. The lowest BCUT2D eigenvalue weighted by atomic mass is 10.2. The second-order valence-corrected chi connectivity index (χ2v) is 4.85. The third-order valence-corrected chi connectivity index (χ3v) is 3.18. The molecule has 0 saturated carbocycles. The van der Waals surface area contributed by atoms with Gasteiger partial charge in [-0.05, 0) is 17.7 Å². The molecule has 1 aliphatic heterocycles. The van der Waals surface area contributed by atoms with Crippen LogP contribution >= 0.6 is 35.6 Å². The highest BCUT2D eigenvalue weighted by atomic mass is 127. The lowest BCUT2D eigenvalue weighted by Gasteiger charge is -2.13. The van der Waals surface area contributed by atoms with Crippen LogP contribution in [0.3, 0.4) is 0 Å². The highest BCUT2D eigenvalue weighted by Gasteiger charge is 2.15. The summed E-state index contributed by atoms with van der Waals surface area (Å²) in [6, 6.07) is 3.78. The molecule has 7 heteroatoms. The largest absolute Gasteiger partial charge is 0.489 e. The van der Waals surface area contributed by atoms with Crippen molar-refractivity contribution >= 4 is 41.5 Å². The van der Waals surface area contributed by atoms with Crippen molar-refractivity contribution in [2.24, 2.45) is 4.99 Å². The van der Waals surface area contributed by atoms with E-state index in [-0.39, 0.29) is 24.0 Å². The molecule has 1 aromatic carbocycles. The third-order valence-electron chi connectivity index (χ3n) is 2.90. The molecule has 120 valence electrons. The summed E-state index contributed by atoms with van der Waals surface area (Å²) in [4.78, 5) is 4.08. The average molecular weight is 436 g/mol. The van der Waals surface area contributed by atoms with Gasteiger partial charge >= 0.3 is 0 Å². The summed E-state index contributed by atoms with van der Waals surface area (Å²) >= 11 is 6.25. The van der Waals surface area contributed by atoms with E-state index in [1.165, 1.54) is 0 Å². The molecular weight excluding hydrogens is 417 g/mol. The molecule has 0 amide bonds. The zero-order chi connectivity index (χ0) is 15.1. The van der Waals surface area contributed by atoms with E-state index in [9.17, 15) is 0 Å². The van der Waals surface area contributed by atoms with Crippen LogP contribution in [0.2, 0.25) is 5.02 Å². The number of halogens is 2. The van der Waals surface area contributed by atoms with Crippen LogP contribution in [0.25, 0.3) is 0 Å². The number of guanidine groups is 1. The smallest absolute Gasteiger partial charge is 0.192 e. The maximum absolute atomic E-state index is 6.25. The van der Waals surface area contributed by atoms with Crippen LogP contribution in [0.5, 0.6) is 11.5 Å². The molecule has 0 fully saturated rings. The van der Waals surface area contributed by atoms with E-state index < -0.39 is 0 Å². The van der Waals surface area contributed by atoms with Crippen molar-refractivity contribution in [3.8, 4) is 23.8 Å². The number of terminal acetylenes is 1. The Balaban J connectivity index is 0.00000242. The Morgan fingerprint density at radius 1 is 1.36 bits per heavy atom. The normalized spacial score (nSPS) is 13.4. The Morgan fingerprint density at radius 3 is 2.86 bits per heavy atom. The van der Waals surface area contributed by atoms with Gasteiger partial charge in [0.25, 0.3) is 0 Å². The van der Waals surface area contributed by atoms with Crippen LogP contribution in [-0.2, 0) is 6.54 Å². The Hall–Kier alpha value is -1.33. The molecule has 1 aliphatic rings. The van der Waals surface area contributed by atoms with Gasteiger partial charge in [-0.25, -0.2) is 0 Å². The van der Waals surface area contributed by atoms with Gasteiger partial charge < -0.3 is 20.1 Å². The second kappa shape index (κ2) is 9.64. The maximum Gasteiger partial charge on any atom is 0.192 e. The Morgan fingerprint density at radius 2 is 2.14 bits per heavy atom. The number of benzene rings is 1. The third kappa shape index (κ3) is 5.14. The highest BCUT2D eigenvalue weighted by Crippen LogP contribution is 2.37. The number of hydrogen-bond acceptors (Lipinski definition) is 3. The van der Waals surface area contributed by atoms with Crippen LogP contribution in [-0.4, -0.2) is 32.8 Å². The minimum Gasteiger partial charge on any atom is -0.489 e. The van der Waals surface area contributed by atoms with E-state index in [1.807, 2.05) is 12.1 Å². The topological polar surface area (TPSA) is 54.9 Å². The molecule has 2 N–H and O–H groups in total. The van der Waals surface area contributed by atoms with Gasteiger partial charge in [0.05, 0.1) is 24.8 Å². The van der Waals surface area contributed by atoms with Gasteiger partial charge in [-0.1, -0.05) is 17.5 Å². The van der Waals surface area contributed by atoms with Gasteiger partial charge in [0.1, 0.15) is 0 Å². The lowest BCUT2D eigenvalue weighted by Crippen LogP contribution is -2.36. The average Bonchev–Trinajstić information content (AvgIpc) is 2.73. The molecule has 0 aliphatic carbocycles. The van der Waals surface area contributed by atoms with Crippen molar-refractivity contribution in [2.45, 2.75) is 13.0 Å². The summed E-state index contributed by atoms with van der Waals surface area (Å²) in [5.41, 5.74) is 0.980. The monoisotopic (exact) mass is 435 g/mol. The van der Waals surface area contributed by atoms with Gasteiger partial charge in [-0.15, -0.1) is 30.4 Å². The molecule has 0 saturated heterocycles. The number of hydrogen-bond donors (Lipinski definition) is 2. The number of nitrogens with zero attached hydrogens (tertiary/aromatic N) is 1. The molecule has 1 heterocycles. The summed E-state index contributed by atoms with van der Waals surface area (Å²) in [7, 11) is 1.69. The first-order valence-corrected chi connectivity index (χ1v) is 7.08. The number of fused-ring (bicyclic) bond motifs is 1. The van der Waals surface area contributed by atoms with E-state index in [2.05, 4.69) is 21.5 Å². The SMILES string of the molecule is C#CCNC(=NC)NCc1cc(Cl)c2c(c1)OCCCO2.I. The molecule has 5 nitrogen and oxygen atoms in total. The van der Waals surface area contributed by atoms with E-state index in [4.69, 9.17) is 27.5 Å². The molecule has 1 aromatic rings. The van der Waals surface area contributed by atoms with Crippen LogP contribution in [0, 0.1) is 12.3 Å². The minimum absolute atomic E-state index is 0. The number of aliphatic imine (C=N–C) groups is 1. The van der Waals surface area contributed by atoms with Crippen LogP contribution in [0.15, 0.2) is 17.1 Å². The number of ether oxygens (including phenoxy) is 2. The molecule has 0 aromatic heterocycles. The molecule has 0 unspecified atom stereocenters. The molecule has 0 bridgehead atoms. The highest BCUT2D eigenvalue weighted by molar-refractivity contribution is 14.0. The predicted octanol–water partition coefficient (Wildman–Crippen LogP) is 2.42. The molecule has 0 atom stereocenters. The first kappa shape index (κ1) is 18.7. The molecule has 0 radical (unpaired) electrons. The summed E-state index contributed by atoms with van der Waals surface area (Å²) < 4.78 is 11.3. The number of rotatable bonds is 3. The van der Waals surface area contributed by atoms with Crippen molar-refractivity contribution in [3.05, 3.63) is 22.7 Å². The maximum atomic E-state index is 6.25. The first-order valence-electron chi connectivity index (χ1n) is 6.70. The van der Waals surface area contributed by atoms with Crippen molar-refractivity contribution < 1.29 is 9.47 Å². The van der Waals surface area contributed by atoms with Crippen LogP contribution < -0.4 is 20.1 Å². The molecule has 2 rings (SSSR count). The first-order chi connectivity index (χ1) is 10.2. The van der Waals surface area contributed by atoms with E-state index in [0.29, 0.717) is 48.8 Å². The fourth-order valence-electron chi connectivity index (χ4n) is 1.93. The van der Waals surface area contributed by atoms with E-state index in [0.717, 1.165) is 12.0 Å². The van der Waals surface area contributed by atoms with Crippen LogP contribution in [0.1, 0.15) is 12.0 Å². The Kier molecular flexibility index (Phi) is 8.20. The zero-order valence-electron chi connectivity index (χ0n) is 12.3. The van der Waals surface area contributed by atoms with Gasteiger partial charge in [0.15, 0.2) is 17.5 Å². The molecule has 0 spiro atoms. The van der Waals surface area contributed by atoms with E-state index >= 15 is 0 Å². The minimum atomic E-state index is 0. The second-order valence-electron chi connectivity index (χ2n) is 4.44. The van der Waals surface area contributed by atoms with Gasteiger partial charge in [0, 0.05) is 20.0 Å². The fraction of sp³-hybridized carbons (Fsp3) is 0.400. The van der Waals surface area contributed by atoms with Crippen molar-refractivity contribution in [2.75, 3.05) is 26.8 Å². The standard InChI is InChI=1S/C15H18ClN3O2.HI/c1-3-5-18-15(17-2)19-10-11-8-12(16)14-13(9-11)20-6-4-7-21-14;/h1,8-9H,4-7,10H2,2H3,(H2,17,18,19);1H. The lowest BCUT2D eigenvalue weighted by molar-refractivity contribution is 0.297. The van der Waals surface area contributed by atoms with E-state index in [1.54, 1.807) is 7.05 Å². The molecular formula is C15H19ClIN3O2. The zero-order valence-corrected chi connectivity index (χ0v) is 15.4. The Bertz CT molecular complexity index is 573. The molecule has 22 heavy (non-hydrogen) atoms. The van der Waals surface area contributed by atoms with Crippen molar-refractivity contribution in [3.63, 3.8) is 0 Å². The summed E-state index contributed by atoms with van der Waals surface area (Å²) in [5.74, 6) is 4.44. The summed E-state index contributed by atoms with van der Waals surface area (Å²) in [6.45, 7) is 2.22. The van der Waals surface area contributed by atoms with Gasteiger partial charge in [0.2, 0.25) is 0 Å². The fourth-order valence-corrected chi connectivity index (χ4v) is 2.22. The summed E-state index contributed by atoms with van der Waals surface area (Å²) in [5, 5.41) is 6.70. The van der Waals surface area contributed by atoms with Gasteiger partial charge in [-0.2, -0.15) is 0 Å². The number of nitrogens with one attached hydrogen (secondary N) is 2. The Labute approximate surface area is 152 Å².